The second-order valence-corrected chi connectivity index (χ2v) is 7.22. The average Bonchev–Trinajstić information content (AvgIpc) is 2.77. The molecule has 0 unspecified atom stereocenters. The van der Waals surface area contributed by atoms with Crippen molar-refractivity contribution in [3.8, 4) is 0 Å². The summed E-state index contributed by atoms with van der Waals surface area (Å²) in [5, 5.41) is 7.94. The molecule has 4 rings (SSSR count). The van der Waals surface area contributed by atoms with Crippen LogP contribution in [0.25, 0.3) is 16.8 Å². The average molecular weight is 388 g/mol. The lowest BCUT2D eigenvalue weighted by Crippen LogP contribution is -2.49. The molecule has 0 atom stereocenters. The van der Waals surface area contributed by atoms with Gasteiger partial charge in [-0.05, 0) is 11.6 Å². The van der Waals surface area contributed by atoms with Crippen LogP contribution in [0.3, 0.4) is 0 Å². The highest BCUT2D eigenvalue weighted by Crippen LogP contribution is 2.14. The Labute approximate surface area is 169 Å². The van der Waals surface area contributed by atoms with Gasteiger partial charge in [-0.1, -0.05) is 60.7 Å². The van der Waals surface area contributed by atoms with E-state index in [4.69, 9.17) is 0 Å². The number of rotatable bonds is 5. The topological polar surface area (TPSA) is 69.3 Å². The SMILES string of the molecule is O=C(Cc1n[nH]c(=O)c2ccccc12)N1CCN(C/C=C/c2ccccc2)CC1. The Bertz CT molecular complexity index is 1070. The van der Waals surface area contributed by atoms with Crippen molar-refractivity contribution in [1.29, 1.82) is 0 Å². The van der Waals surface area contributed by atoms with Crippen LogP contribution >= 0.6 is 0 Å². The summed E-state index contributed by atoms with van der Waals surface area (Å²) in [5.41, 5.74) is 1.59. The fourth-order valence-electron chi connectivity index (χ4n) is 3.64. The first-order valence-electron chi connectivity index (χ1n) is 9.89. The van der Waals surface area contributed by atoms with E-state index in [0.29, 0.717) is 24.2 Å². The number of H-pyrrole nitrogens is 1. The van der Waals surface area contributed by atoms with Crippen molar-refractivity contribution in [2.75, 3.05) is 32.7 Å². The summed E-state index contributed by atoms with van der Waals surface area (Å²) in [6.45, 7) is 4.00. The minimum Gasteiger partial charge on any atom is -0.340 e. The molecule has 3 aromatic rings. The fraction of sp³-hybridized carbons (Fsp3) is 0.261. The lowest BCUT2D eigenvalue weighted by molar-refractivity contribution is -0.132. The molecule has 1 N–H and O–H groups in total. The monoisotopic (exact) mass is 388 g/mol. The molecular formula is C23H24N4O2. The van der Waals surface area contributed by atoms with Crippen LogP contribution < -0.4 is 5.56 Å². The van der Waals surface area contributed by atoms with Gasteiger partial charge in [0, 0.05) is 38.1 Å². The smallest absolute Gasteiger partial charge is 0.272 e. The predicted molar refractivity (Wildman–Crippen MR) is 115 cm³/mol. The van der Waals surface area contributed by atoms with Gasteiger partial charge in [0.2, 0.25) is 5.91 Å². The highest BCUT2D eigenvalue weighted by Gasteiger charge is 2.21. The van der Waals surface area contributed by atoms with Crippen LogP contribution in [0.4, 0.5) is 0 Å². The molecule has 2 heterocycles. The van der Waals surface area contributed by atoms with Crippen molar-refractivity contribution in [1.82, 2.24) is 20.0 Å². The Hall–Kier alpha value is -3.25. The highest BCUT2D eigenvalue weighted by atomic mass is 16.2. The Kier molecular flexibility index (Phi) is 5.81. The first-order chi connectivity index (χ1) is 14.2. The number of amides is 1. The van der Waals surface area contributed by atoms with E-state index in [-0.39, 0.29) is 17.9 Å². The maximum atomic E-state index is 12.8. The number of aromatic amines is 1. The number of piperazine rings is 1. The molecule has 1 aliphatic heterocycles. The Morgan fingerprint density at radius 1 is 0.966 bits per heavy atom. The second kappa shape index (κ2) is 8.84. The number of hydrogen-bond acceptors (Lipinski definition) is 4. The van der Waals surface area contributed by atoms with Crippen molar-refractivity contribution in [3.63, 3.8) is 0 Å². The van der Waals surface area contributed by atoms with Gasteiger partial charge in [0.1, 0.15) is 0 Å². The lowest BCUT2D eigenvalue weighted by Gasteiger charge is -2.34. The summed E-state index contributed by atoms with van der Waals surface area (Å²) < 4.78 is 0. The largest absolute Gasteiger partial charge is 0.340 e. The van der Waals surface area contributed by atoms with Crippen molar-refractivity contribution in [3.05, 3.63) is 82.3 Å². The molecule has 1 saturated heterocycles. The molecular weight excluding hydrogens is 364 g/mol. The molecule has 0 aliphatic carbocycles. The van der Waals surface area contributed by atoms with Crippen LogP contribution in [0.2, 0.25) is 0 Å². The molecule has 1 aromatic heterocycles. The Morgan fingerprint density at radius 2 is 1.66 bits per heavy atom. The van der Waals surface area contributed by atoms with Crippen LogP contribution in [0.5, 0.6) is 0 Å². The number of nitrogens with zero attached hydrogens (tertiary/aromatic N) is 3. The Balaban J connectivity index is 1.32. The van der Waals surface area contributed by atoms with Crippen LogP contribution in [0.15, 0.2) is 65.5 Å². The lowest BCUT2D eigenvalue weighted by atomic mass is 10.1. The van der Waals surface area contributed by atoms with Crippen LogP contribution in [0, 0.1) is 0 Å². The quantitative estimate of drug-likeness (QED) is 0.728. The molecule has 1 amide bonds. The van der Waals surface area contributed by atoms with Crippen molar-refractivity contribution in [2.45, 2.75) is 6.42 Å². The van der Waals surface area contributed by atoms with Crippen LogP contribution in [-0.2, 0) is 11.2 Å². The number of nitrogens with one attached hydrogen (secondary N) is 1. The van der Waals surface area contributed by atoms with Gasteiger partial charge in [-0.25, -0.2) is 5.10 Å². The summed E-state index contributed by atoms with van der Waals surface area (Å²) in [7, 11) is 0. The molecule has 0 spiro atoms. The molecule has 29 heavy (non-hydrogen) atoms. The zero-order valence-corrected chi connectivity index (χ0v) is 16.3. The van der Waals surface area contributed by atoms with E-state index < -0.39 is 0 Å². The molecule has 0 bridgehead atoms. The van der Waals surface area contributed by atoms with Gasteiger partial charge in [-0.2, -0.15) is 5.10 Å². The number of carbonyl (C=O) groups is 1. The van der Waals surface area contributed by atoms with Crippen molar-refractivity contribution >= 4 is 22.8 Å². The van der Waals surface area contributed by atoms with Gasteiger partial charge in [-0.15, -0.1) is 0 Å². The molecule has 2 aromatic carbocycles. The van der Waals surface area contributed by atoms with Gasteiger partial charge >= 0.3 is 0 Å². The minimum absolute atomic E-state index is 0.0502. The molecule has 6 nitrogen and oxygen atoms in total. The standard InChI is InChI=1S/C23H24N4O2/c28-22(17-21-19-10-4-5-11-20(19)23(29)25-24-21)27-15-13-26(14-16-27)12-6-9-18-7-2-1-3-8-18/h1-11H,12-17H2,(H,25,29)/b9-6+. The molecule has 148 valence electrons. The normalized spacial score (nSPS) is 15.2. The number of carbonyl (C=O) groups excluding carboxylic acids is 1. The third-order valence-corrected chi connectivity index (χ3v) is 5.29. The van der Waals surface area contributed by atoms with E-state index in [2.05, 4.69) is 39.4 Å². The number of benzene rings is 2. The van der Waals surface area contributed by atoms with E-state index in [0.717, 1.165) is 25.0 Å². The molecule has 0 saturated carbocycles. The van der Waals surface area contributed by atoms with E-state index in [1.54, 1.807) is 6.07 Å². The van der Waals surface area contributed by atoms with Gasteiger partial charge in [0.25, 0.3) is 5.56 Å². The van der Waals surface area contributed by atoms with Gasteiger partial charge in [0.05, 0.1) is 17.5 Å². The molecule has 0 radical (unpaired) electrons. The molecule has 1 aliphatic rings. The minimum atomic E-state index is -0.228. The van der Waals surface area contributed by atoms with E-state index in [1.165, 1.54) is 5.56 Å². The van der Waals surface area contributed by atoms with Gasteiger partial charge < -0.3 is 4.90 Å². The number of hydrogen-bond donors (Lipinski definition) is 1. The third-order valence-electron chi connectivity index (χ3n) is 5.29. The summed E-state index contributed by atoms with van der Waals surface area (Å²) >= 11 is 0. The van der Waals surface area contributed by atoms with Gasteiger partial charge in [-0.3, -0.25) is 14.5 Å². The second-order valence-electron chi connectivity index (χ2n) is 7.22. The van der Waals surface area contributed by atoms with E-state index in [1.807, 2.05) is 41.3 Å². The van der Waals surface area contributed by atoms with E-state index in [9.17, 15) is 9.59 Å². The zero-order valence-electron chi connectivity index (χ0n) is 16.3. The van der Waals surface area contributed by atoms with Crippen LogP contribution in [-0.4, -0.2) is 58.6 Å². The number of aromatic nitrogens is 2. The summed E-state index contributed by atoms with van der Waals surface area (Å²) in [4.78, 5) is 28.9. The molecule has 1 fully saturated rings. The van der Waals surface area contributed by atoms with Gasteiger partial charge in [0.15, 0.2) is 0 Å². The summed E-state index contributed by atoms with van der Waals surface area (Å²) in [6.07, 6.45) is 4.50. The predicted octanol–water partition coefficient (Wildman–Crippen LogP) is 2.32. The molecule has 6 heteroatoms. The maximum absolute atomic E-state index is 12.8. The highest BCUT2D eigenvalue weighted by molar-refractivity contribution is 5.88. The summed E-state index contributed by atoms with van der Waals surface area (Å²) in [6, 6.07) is 17.5. The fourth-order valence-corrected chi connectivity index (χ4v) is 3.64. The van der Waals surface area contributed by atoms with Crippen molar-refractivity contribution < 1.29 is 4.79 Å². The maximum Gasteiger partial charge on any atom is 0.272 e. The van der Waals surface area contributed by atoms with E-state index >= 15 is 0 Å². The zero-order chi connectivity index (χ0) is 20.1. The first-order valence-corrected chi connectivity index (χ1v) is 9.89. The third kappa shape index (κ3) is 4.60. The Morgan fingerprint density at radius 3 is 2.41 bits per heavy atom. The first kappa shape index (κ1) is 19.1. The van der Waals surface area contributed by atoms with Crippen molar-refractivity contribution in [2.24, 2.45) is 0 Å². The van der Waals surface area contributed by atoms with Crippen LogP contribution in [0.1, 0.15) is 11.3 Å². The number of fused-ring (bicyclic) bond motifs is 1. The summed E-state index contributed by atoms with van der Waals surface area (Å²) in [5.74, 6) is 0.0502.